The van der Waals surface area contributed by atoms with Crippen LogP contribution in [0.4, 0.5) is 0 Å². The van der Waals surface area contributed by atoms with Crippen molar-refractivity contribution < 1.29 is 39.5 Å². The number of rotatable bonds is 9. The zero-order valence-corrected chi connectivity index (χ0v) is 14.1. The second-order valence-electron chi connectivity index (χ2n) is 4.51. The molecule has 0 aromatic heterocycles. The molecule has 0 heterocycles. The summed E-state index contributed by atoms with van der Waals surface area (Å²) >= 11 is 0. The molecule has 0 aliphatic rings. The highest BCUT2D eigenvalue weighted by Gasteiger charge is 2.05. The number of carbonyl (C=O) groups is 3. The molecule has 0 saturated carbocycles. The SMILES string of the molecule is CCCC(=O)OCC(O)CO.CCCC(=O)[O-].CCCC(=O)[O-]. The minimum atomic E-state index is -0.961. The van der Waals surface area contributed by atoms with E-state index in [4.69, 9.17) is 10.2 Å². The molecule has 0 amide bonds. The number of esters is 1. The molecule has 0 rings (SSSR count). The molecule has 0 radical (unpaired) electrons. The summed E-state index contributed by atoms with van der Waals surface area (Å²) in [6.45, 7) is 4.98. The van der Waals surface area contributed by atoms with Gasteiger partial charge < -0.3 is 34.8 Å². The van der Waals surface area contributed by atoms with Gasteiger partial charge in [-0.25, -0.2) is 0 Å². The number of carboxylic acids is 2. The van der Waals surface area contributed by atoms with Crippen LogP contribution in [0.5, 0.6) is 0 Å². The first-order valence-electron chi connectivity index (χ1n) is 7.59. The average Bonchev–Trinajstić information content (AvgIpc) is 2.46. The number of hydrogen-bond donors (Lipinski definition) is 2. The number of aliphatic hydroxyl groups excluding tert-OH is 2. The van der Waals surface area contributed by atoms with Crippen LogP contribution >= 0.6 is 0 Å². The lowest BCUT2D eigenvalue weighted by atomic mass is 10.3. The van der Waals surface area contributed by atoms with Crippen LogP contribution in [0.25, 0.3) is 0 Å². The lowest BCUT2D eigenvalue weighted by molar-refractivity contribution is -0.307. The minimum absolute atomic E-state index is 0.116. The fourth-order valence-electron chi connectivity index (χ4n) is 0.926. The molecule has 138 valence electrons. The van der Waals surface area contributed by atoms with E-state index < -0.39 is 18.0 Å². The molecule has 0 aliphatic carbocycles. The van der Waals surface area contributed by atoms with Gasteiger partial charge in [0, 0.05) is 18.4 Å². The molecule has 0 aliphatic heterocycles. The summed E-state index contributed by atoms with van der Waals surface area (Å²) in [7, 11) is 0. The number of aliphatic carboxylic acids is 2. The van der Waals surface area contributed by atoms with Crippen LogP contribution in [0.2, 0.25) is 0 Å². The van der Waals surface area contributed by atoms with Crippen LogP contribution in [0.3, 0.4) is 0 Å². The second-order valence-corrected chi connectivity index (χ2v) is 4.51. The molecule has 0 saturated heterocycles. The molecule has 0 spiro atoms. The van der Waals surface area contributed by atoms with Gasteiger partial charge in [0.1, 0.15) is 12.7 Å². The third-order valence-electron chi connectivity index (χ3n) is 2.01. The van der Waals surface area contributed by atoms with Crippen molar-refractivity contribution in [3.8, 4) is 0 Å². The van der Waals surface area contributed by atoms with Gasteiger partial charge in [-0.2, -0.15) is 0 Å². The summed E-state index contributed by atoms with van der Waals surface area (Å²) in [5, 5.41) is 36.1. The summed E-state index contributed by atoms with van der Waals surface area (Å²) in [5.74, 6) is -2.25. The number of ether oxygens (including phenoxy) is 1. The second kappa shape index (κ2) is 20.3. The van der Waals surface area contributed by atoms with Crippen molar-refractivity contribution >= 4 is 17.9 Å². The Hall–Kier alpha value is -1.67. The Balaban J connectivity index is -0.000000284. The molecule has 1 atom stereocenters. The Morgan fingerprint density at radius 1 is 0.913 bits per heavy atom. The molecule has 1 unspecified atom stereocenters. The number of carbonyl (C=O) groups excluding carboxylic acids is 3. The van der Waals surface area contributed by atoms with Gasteiger partial charge in [-0.15, -0.1) is 0 Å². The normalized spacial score (nSPS) is 10.3. The van der Waals surface area contributed by atoms with Crippen LogP contribution in [0, 0.1) is 0 Å². The Morgan fingerprint density at radius 2 is 1.30 bits per heavy atom. The molecule has 0 aromatic carbocycles. The zero-order valence-electron chi connectivity index (χ0n) is 14.1. The molecule has 23 heavy (non-hydrogen) atoms. The smallest absolute Gasteiger partial charge is 0.305 e. The van der Waals surface area contributed by atoms with Gasteiger partial charge in [0.25, 0.3) is 0 Å². The van der Waals surface area contributed by atoms with Crippen molar-refractivity contribution in [2.24, 2.45) is 0 Å². The monoisotopic (exact) mass is 336 g/mol. The molecule has 0 bridgehead atoms. The topological polar surface area (TPSA) is 147 Å². The first-order chi connectivity index (χ1) is 10.7. The highest BCUT2D eigenvalue weighted by Crippen LogP contribution is 1.92. The van der Waals surface area contributed by atoms with Crippen molar-refractivity contribution in [2.75, 3.05) is 13.2 Å². The van der Waals surface area contributed by atoms with E-state index >= 15 is 0 Å². The van der Waals surface area contributed by atoms with E-state index in [1.54, 1.807) is 13.8 Å². The van der Waals surface area contributed by atoms with Gasteiger partial charge in [0.05, 0.1) is 6.61 Å². The van der Waals surface area contributed by atoms with E-state index in [0.29, 0.717) is 19.3 Å². The first-order valence-corrected chi connectivity index (χ1v) is 7.59. The van der Waals surface area contributed by atoms with Gasteiger partial charge in [-0.3, -0.25) is 4.79 Å². The van der Waals surface area contributed by atoms with Crippen molar-refractivity contribution in [3.05, 3.63) is 0 Å². The lowest BCUT2D eigenvalue weighted by Crippen LogP contribution is -2.21. The highest BCUT2D eigenvalue weighted by molar-refractivity contribution is 5.69. The standard InChI is InChI=1S/C7H14O4.2C4H8O2/c1-2-3-7(10)11-5-6(9)4-8;2*1-2-3-4(5)6/h6,8-9H,2-5H2,1H3;2*2-3H2,1H3,(H,5,6)/p-2. The maximum absolute atomic E-state index is 10.6. The fraction of sp³-hybridized carbons (Fsp3) is 0.800. The summed E-state index contributed by atoms with van der Waals surface area (Å²) in [6, 6.07) is 0. The molecular formula is C15H28O8-2. The molecule has 0 fully saturated rings. The van der Waals surface area contributed by atoms with Crippen molar-refractivity contribution in [2.45, 2.75) is 65.4 Å². The van der Waals surface area contributed by atoms with E-state index in [1.165, 1.54) is 0 Å². The van der Waals surface area contributed by atoms with Gasteiger partial charge in [-0.05, 0) is 19.3 Å². The van der Waals surface area contributed by atoms with Crippen LogP contribution in [-0.2, 0) is 19.1 Å². The highest BCUT2D eigenvalue weighted by atomic mass is 16.5. The summed E-state index contributed by atoms with van der Waals surface area (Å²) < 4.78 is 4.59. The number of aliphatic hydroxyl groups is 2. The van der Waals surface area contributed by atoms with E-state index in [0.717, 1.165) is 6.42 Å². The van der Waals surface area contributed by atoms with E-state index in [9.17, 15) is 24.6 Å². The van der Waals surface area contributed by atoms with E-state index in [2.05, 4.69) is 4.74 Å². The summed E-state index contributed by atoms with van der Waals surface area (Å²) in [4.78, 5) is 29.6. The maximum Gasteiger partial charge on any atom is 0.305 e. The summed E-state index contributed by atoms with van der Waals surface area (Å²) in [6.07, 6.45) is 1.84. The molecular weight excluding hydrogens is 308 g/mol. The van der Waals surface area contributed by atoms with Crippen LogP contribution in [-0.4, -0.2) is 47.4 Å². The van der Waals surface area contributed by atoms with Gasteiger partial charge in [0.15, 0.2) is 0 Å². The third-order valence-corrected chi connectivity index (χ3v) is 2.01. The molecule has 8 nitrogen and oxygen atoms in total. The van der Waals surface area contributed by atoms with Gasteiger partial charge in [-0.1, -0.05) is 33.6 Å². The maximum atomic E-state index is 10.6. The van der Waals surface area contributed by atoms with Crippen LogP contribution in [0.1, 0.15) is 59.3 Å². The van der Waals surface area contributed by atoms with Crippen molar-refractivity contribution in [3.63, 3.8) is 0 Å². The van der Waals surface area contributed by atoms with E-state index in [-0.39, 0.29) is 32.0 Å². The molecule has 0 aromatic rings. The fourth-order valence-corrected chi connectivity index (χ4v) is 0.926. The average molecular weight is 336 g/mol. The van der Waals surface area contributed by atoms with Gasteiger partial charge in [0.2, 0.25) is 0 Å². The molecule has 8 heteroatoms. The first kappa shape index (κ1) is 26.2. The predicted octanol–water partition coefficient (Wildman–Crippen LogP) is -1.24. The Labute approximate surface area is 137 Å². The number of hydrogen-bond acceptors (Lipinski definition) is 8. The Kier molecular flexibility index (Phi) is 23.2. The minimum Gasteiger partial charge on any atom is -0.550 e. The van der Waals surface area contributed by atoms with Gasteiger partial charge >= 0.3 is 5.97 Å². The quantitative estimate of drug-likeness (QED) is 0.497. The largest absolute Gasteiger partial charge is 0.550 e. The summed E-state index contributed by atoms with van der Waals surface area (Å²) in [5.41, 5.74) is 0. The number of carboxylic acid groups (broad SMARTS) is 2. The van der Waals surface area contributed by atoms with Crippen molar-refractivity contribution in [1.82, 2.24) is 0 Å². The van der Waals surface area contributed by atoms with Crippen molar-refractivity contribution in [1.29, 1.82) is 0 Å². The van der Waals surface area contributed by atoms with Crippen LogP contribution < -0.4 is 10.2 Å². The zero-order chi connectivity index (χ0) is 18.7. The lowest BCUT2D eigenvalue weighted by Gasteiger charge is -2.07. The Bertz CT molecular complexity index is 288. The van der Waals surface area contributed by atoms with Crippen LogP contribution in [0.15, 0.2) is 0 Å². The van der Waals surface area contributed by atoms with E-state index in [1.807, 2.05) is 6.92 Å². The third kappa shape index (κ3) is 33.3. The predicted molar refractivity (Wildman–Crippen MR) is 78.8 cm³/mol. The molecule has 2 N–H and O–H groups in total. The Morgan fingerprint density at radius 3 is 1.52 bits per heavy atom.